The molecule has 3 atom stereocenters. The van der Waals surface area contributed by atoms with Crippen LogP contribution in [0.15, 0.2) is 12.1 Å². The van der Waals surface area contributed by atoms with Crippen LogP contribution in [-0.2, 0) is 9.59 Å². The first-order valence-corrected chi connectivity index (χ1v) is 9.87. The van der Waals surface area contributed by atoms with Gasteiger partial charge in [0.1, 0.15) is 0 Å². The maximum absolute atomic E-state index is 13.3. The number of hydrogen-bond donors (Lipinski definition) is 1. The van der Waals surface area contributed by atoms with E-state index < -0.39 is 0 Å². The fourth-order valence-electron chi connectivity index (χ4n) is 5.24. The number of aryl methyl sites for hydroxylation is 3. The molecule has 4 rings (SSSR count). The van der Waals surface area contributed by atoms with Crippen molar-refractivity contribution in [1.82, 2.24) is 10.2 Å². The average molecular weight is 355 g/mol. The van der Waals surface area contributed by atoms with Crippen LogP contribution in [0.5, 0.6) is 0 Å². The van der Waals surface area contributed by atoms with Crippen molar-refractivity contribution in [3.05, 3.63) is 28.8 Å². The maximum atomic E-state index is 13.3. The Kier molecular flexibility index (Phi) is 4.51. The molecule has 1 N–H and O–H groups in total. The van der Waals surface area contributed by atoms with E-state index in [1.807, 2.05) is 4.90 Å². The number of hydrogen-bond acceptors (Lipinski definition) is 3. The van der Waals surface area contributed by atoms with Gasteiger partial charge in [-0.15, -0.1) is 0 Å². The van der Waals surface area contributed by atoms with Gasteiger partial charge in [0.05, 0.1) is 5.92 Å². The summed E-state index contributed by atoms with van der Waals surface area (Å²) >= 11 is 0. The van der Waals surface area contributed by atoms with Crippen molar-refractivity contribution in [2.75, 3.05) is 24.5 Å². The normalized spacial score (nSPS) is 28.6. The molecule has 0 saturated carbocycles. The van der Waals surface area contributed by atoms with Gasteiger partial charge in [0, 0.05) is 37.3 Å². The van der Waals surface area contributed by atoms with Crippen molar-refractivity contribution in [2.45, 2.75) is 58.5 Å². The molecule has 3 heterocycles. The maximum Gasteiger partial charge on any atom is 0.228 e. The Morgan fingerprint density at radius 3 is 2.50 bits per heavy atom. The Bertz CT molecular complexity index is 708. The summed E-state index contributed by atoms with van der Waals surface area (Å²) in [5.74, 6) is 0.0713. The lowest BCUT2D eigenvalue weighted by molar-refractivity contribution is -0.138. The van der Waals surface area contributed by atoms with Gasteiger partial charge in [-0.2, -0.15) is 0 Å². The lowest BCUT2D eigenvalue weighted by Crippen LogP contribution is -2.46. The molecular formula is C21H29N3O2. The van der Waals surface area contributed by atoms with E-state index in [1.54, 1.807) is 0 Å². The molecular weight excluding hydrogens is 326 g/mol. The highest BCUT2D eigenvalue weighted by Crippen LogP contribution is 2.35. The largest absolute Gasteiger partial charge is 0.335 e. The number of carbonyl (C=O) groups excluding carboxylic acids is 2. The van der Waals surface area contributed by atoms with Gasteiger partial charge in [0.15, 0.2) is 0 Å². The van der Waals surface area contributed by atoms with Gasteiger partial charge in [-0.05, 0) is 57.7 Å². The first-order valence-electron chi connectivity index (χ1n) is 9.87. The molecule has 0 aromatic heterocycles. The first kappa shape index (κ1) is 17.5. The number of carbonyl (C=O) groups is 2. The molecule has 5 heteroatoms. The Morgan fingerprint density at radius 2 is 1.77 bits per heavy atom. The van der Waals surface area contributed by atoms with Crippen molar-refractivity contribution in [3.63, 3.8) is 0 Å². The Morgan fingerprint density at radius 1 is 1.08 bits per heavy atom. The van der Waals surface area contributed by atoms with Crippen molar-refractivity contribution < 1.29 is 9.59 Å². The predicted octanol–water partition coefficient (Wildman–Crippen LogP) is 2.32. The van der Waals surface area contributed by atoms with Crippen LogP contribution in [-0.4, -0.2) is 48.4 Å². The van der Waals surface area contributed by atoms with Crippen molar-refractivity contribution in [1.29, 1.82) is 0 Å². The molecule has 1 aromatic rings. The highest BCUT2D eigenvalue weighted by molar-refractivity contribution is 6.01. The highest BCUT2D eigenvalue weighted by Gasteiger charge is 2.44. The zero-order valence-corrected chi connectivity index (χ0v) is 16.0. The van der Waals surface area contributed by atoms with E-state index in [-0.39, 0.29) is 17.7 Å². The highest BCUT2D eigenvalue weighted by atomic mass is 16.2. The fourth-order valence-corrected chi connectivity index (χ4v) is 5.24. The molecule has 26 heavy (non-hydrogen) atoms. The van der Waals surface area contributed by atoms with E-state index in [4.69, 9.17) is 0 Å². The monoisotopic (exact) mass is 355 g/mol. The summed E-state index contributed by atoms with van der Waals surface area (Å²) in [6.45, 7) is 8.58. The minimum atomic E-state index is -0.205. The Labute approximate surface area is 155 Å². The average Bonchev–Trinajstić information content (AvgIpc) is 3.05. The standard InChI is InChI=1S/C21H29N3O2/c1-13-8-14(2)20(15(3)9-13)23-12-16(10-19(23)25)21(26)24-17-4-5-18(24)11-22-7-6-17/h8-9,16-18,22H,4-7,10-12H2,1-3H3. The fraction of sp³-hybridized carbons (Fsp3) is 0.619. The van der Waals surface area contributed by atoms with E-state index in [0.717, 1.165) is 49.2 Å². The summed E-state index contributed by atoms with van der Waals surface area (Å²) in [6, 6.07) is 4.90. The van der Waals surface area contributed by atoms with Gasteiger partial charge in [0.25, 0.3) is 0 Å². The minimum Gasteiger partial charge on any atom is -0.335 e. The summed E-state index contributed by atoms with van der Waals surface area (Å²) in [5, 5.41) is 3.45. The molecule has 3 saturated heterocycles. The Hall–Kier alpha value is -1.88. The van der Waals surface area contributed by atoms with Gasteiger partial charge < -0.3 is 15.1 Å². The quantitative estimate of drug-likeness (QED) is 0.886. The number of nitrogens with zero attached hydrogens (tertiary/aromatic N) is 2. The van der Waals surface area contributed by atoms with Gasteiger partial charge in [-0.25, -0.2) is 0 Å². The van der Waals surface area contributed by atoms with E-state index in [1.165, 1.54) is 5.56 Å². The molecule has 5 nitrogen and oxygen atoms in total. The molecule has 3 aliphatic heterocycles. The third-order valence-electron chi connectivity index (χ3n) is 6.29. The van der Waals surface area contributed by atoms with Crippen molar-refractivity contribution in [3.8, 4) is 0 Å². The second-order valence-corrected chi connectivity index (χ2v) is 8.28. The van der Waals surface area contributed by atoms with E-state index in [0.29, 0.717) is 25.0 Å². The first-order chi connectivity index (χ1) is 12.5. The molecule has 140 valence electrons. The summed E-state index contributed by atoms with van der Waals surface area (Å²) in [5.41, 5.74) is 4.43. The van der Waals surface area contributed by atoms with Gasteiger partial charge >= 0.3 is 0 Å². The minimum absolute atomic E-state index is 0.0821. The molecule has 0 aliphatic carbocycles. The number of amides is 2. The van der Waals surface area contributed by atoms with E-state index in [2.05, 4.69) is 43.1 Å². The zero-order chi connectivity index (χ0) is 18.4. The number of benzene rings is 1. The third-order valence-corrected chi connectivity index (χ3v) is 6.29. The number of fused-ring (bicyclic) bond motifs is 2. The van der Waals surface area contributed by atoms with Crippen LogP contribution in [0.4, 0.5) is 5.69 Å². The zero-order valence-electron chi connectivity index (χ0n) is 16.0. The molecule has 0 radical (unpaired) electrons. The van der Waals surface area contributed by atoms with Crippen LogP contribution in [0.25, 0.3) is 0 Å². The van der Waals surface area contributed by atoms with Gasteiger partial charge in [0.2, 0.25) is 11.8 Å². The summed E-state index contributed by atoms with van der Waals surface area (Å²) in [4.78, 5) is 30.0. The number of anilines is 1. The van der Waals surface area contributed by atoms with Crippen molar-refractivity contribution in [2.24, 2.45) is 5.92 Å². The second-order valence-electron chi connectivity index (χ2n) is 8.28. The van der Waals surface area contributed by atoms with Crippen LogP contribution >= 0.6 is 0 Å². The number of nitrogens with one attached hydrogen (secondary N) is 1. The van der Waals surface area contributed by atoms with Crippen molar-refractivity contribution >= 4 is 17.5 Å². The topological polar surface area (TPSA) is 52.7 Å². The van der Waals surface area contributed by atoms with E-state index >= 15 is 0 Å². The predicted molar refractivity (Wildman–Crippen MR) is 102 cm³/mol. The summed E-state index contributed by atoms with van der Waals surface area (Å²) < 4.78 is 0. The molecule has 1 aromatic carbocycles. The molecule has 2 bridgehead atoms. The summed E-state index contributed by atoms with van der Waals surface area (Å²) in [7, 11) is 0. The van der Waals surface area contributed by atoms with E-state index in [9.17, 15) is 9.59 Å². The molecule has 3 unspecified atom stereocenters. The third kappa shape index (κ3) is 2.92. The lowest BCUT2D eigenvalue weighted by atomic mass is 10.0. The number of rotatable bonds is 2. The second kappa shape index (κ2) is 6.69. The van der Waals surface area contributed by atoms with Crippen LogP contribution < -0.4 is 10.2 Å². The Balaban J connectivity index is 1.56. The van der Waals surface area contributed by atoms with Crippen LogP contribution in [0.3, 0.4) is 0 Å². The molecule has 0 spiro atoms. The molecule has 2 amide bonds. The van der Waals surface area contributed by atoms with Crippen LogP contribution in [0.1, 0.15) is 42.4 Å². The van der Waals surface area contributed by atoms with Gasteiger partial charge in [-0.1, -0.05) is 17.7 Å². The van der Waals surface area contributed by atoms with Gasteiger partial charge in [-0.3, -0.25) is 9.59 Å². The molecule has 3 aliphatic rings. The lowest BCUT2D eigenvalue weighted by Gasteiger charge is -2.30. The van der Waals surface area contributed by atoms with Crippen LogP contribution in [0.2, 0.25) is 0 Å². The smallest absolute Gasteiger partial charge is 0.228 e. The SMILES string of the molecule is Cc1cc(C)c(N2CC(C(=O)N3C4CCNCC3CC4)CC2=O)c(C)c1. The molecule has 3 fully saturated rings. The van der Waals surface area contributed by atoms with Crippen LogP contribution in [0, 0.1) is 26.7 Å². The summed E-state index contributed by atoms with van der Waals surface area (Å²) in [6.07, 6.45) is 3.57.